The zero-order valence-electron chi connectivity index (χ0n) is 17.2. The van der Waals surface area contributed by atoms with E-state index < -0.39 is 0 Å². The van der Waals surface area contributed by atoms with Gasteiger partial charge in [-0.2, -0.15) is 4.98 Å². The third-order valence-corrected chi connectivity index (χ3v) is 6.04. The summed E-state index contributed by atoms with van der Waals surface area (Å²) in [5, 5.41) is 4.03. The van der Waals surface area contributed by atoms with Crippen molar-refractivity contribution in [2.75, 3.05) is 38.1 Å². The van der Waals surface area contributed by atoms with E-state index in [1.807, 2.05) is 36.3 Å². The molecule has 2 aromatic heterocycles. The summed E-state index contributed by atoms with van der Waals surface area (Å²) in [7, 11) is 1.90. The van der Waals surface area contributed by atoms with Gasteiger partial charge in [0, 0.05) is 45.5 Å². The average Bonchev–Trinajstić information content (AvgIpc) is 3.21. The van der Waals surface area contributed by atoms with Crippen LogP contribution in [0.2, 0.25) is 0 Å². The number of piperazine rings is 1. The SMILES string of the molecule is CN(C(=O)Cc1noc(CN2CCN(c3ccccn3)CC2)n1)C1CCCCC1. The summed E-state index contributed by atoms with van der Waals surface area (Å²) in [6, 6.07) is 6.35. The lowest BCUT2D eigenvalue weighted by atomic mass is 9.94. The van der Waals surface area contributed by atoms with Gasteiger partial charge in [-0.1, -0.05) is 30.5 Å². The molecule has 2 aromatic rings. The van der Waals surface area contributed by atoms with Crippen LogP contribution >= 0.6 is 0 Å². The molecule has 3 heterocycles. The van der Waals surface area contributed by atoms with E-state index in [0.29, 0.717) is 24.3 Å². The van der Waals surface area contributed by atoms with Crippen LogP contribution in [0.3, 0.4) is 0 Å². The number of hydrogen-bond acceptors (Lipinski definition) is 7. The molecule has 4 rings (SSSR count). The van der Waals surface area contributed by atoms with E-state index in [0.717, 1.165) is 44.8 Å². The quantitative estimate of drug-likeness (QED) is 0.737. The molecule has 1 saturated carbocycles. The molecule has 1 amide bonds. The van der Waals surface area contributed by atoms with Crippen molar-refractivity contribution in [1.29, 1.82) is 0 Å². The molecule has 2 fully saturated rings. The Morgan fingerprint density at radius 1 is 1.17 bits per heavy atom. The van der Waals surface area contributed by atoms with Gasteiger partial charge in [0.05, 0.1) is 13.0 Å². The highest BCUT2D eigenvalue weighted by Crippen LogP contribution is 2.22. The minimum absolute atomic E-state index is 0.0771. The van der Waals surface area contributed by atoms with E-state index >= 15 is 0 Å². The van der Waals surface area contributed by atoms with Crippen molar-refractivity contribution in [3.05, 3.63) is 36.1 Å². The minimum atomic E-state index is 0.0771. The molecular formula is C21H30N6O2. The highest BCUT2D eigenvalue weighted by molar-refractivity contribution is 5.78. The van der Waals surface area contributed by atoms with Gasteiger partial charge < -0.3 is 14.3 Å². The number of pyridine rings is 1. The zero-order valence-corrected chi connectivity index (χ0v) is 17.2. The van der Waals surface area contributed by atoms with E-state index in [-0.39, 0.29) is 12.3 Å². The monoisotopic (exact) mass is 398 g/mol. The average molecular weight is 399 g/mol. The van der Waals surface area contributed by atoms with Gasteiger partial charge in [0.15, 0.2) is 5.82 Å². The molecule has 8 heteroatoms. The van der Waals surface area contributed by atoms with Gasteiger partial charge >= 0.3 is 0 Å². The molecule has 0 atom stereocenters. The van der Waals surface area contributed by atoms with Crippen molar-refractivity contribution in [3.8, 4) is 0 Å². The van der Waals surface area contributed by atoms with Crippen molar-refractivity contribution < 1.29 is 9.32 Å². The fourth-order valence-corrected chi connectivity index (χ4v) is 4.23. The molecule has 0 unspecified atom stereocenters. The maximum atomic E-state index is 12.6. The van der Waals surface area contributed by atoms with Crippen LogP contribution in [0.25, 0.3) is 0 Å². The third-order valence-electron chi connectivity index (χ3n) is 6.04. The third kappa shape index (κ3) is 5.12. The minimum Gasteiger partial charge on any atom is -0.354 e. The molecular weight excluding hydrogens is 368 g/mol. The second kappa shape index (κ2) is 9.35. The highest BCUT2D eigenvalue weighted by atomic mass is 16.5. The number of nitrogens with zero attached hydrogens (tertiary/aromatic N) is 6. The molecule has 2 aliphatic rings. The lowest BCUT2D eigenvalue weighted by Crippen LogP contribution is -2.46. The summed E-state index contributed by atoms with van der Waals surface area (Å²) in [6.07, 6.45) is 7.94. The molecule has 1 aliphatic heterocycles. The number of rotatable bonds is 6. The van der Waals surface area contributed by atoms with Crippen LogP contribution in [0.15, 0.2) is 28.9 Å². The molecule has 0 aromatic carbocycles. The number of carbonyl (C=O) groups excluding carboxylic acids is 1. The fourth-order valence-electron chi connectivity index (χ4n) is 4.23. The molecule has 1 saturated heterocycles. The van der Waals surface area contributed by atoms with Gasteiger partial charge in [-0.25, -0.2) is 4.98 Å². The van der Waals surface area contributed by atoms with Gasteiger partial charge in [-0.05, 0) is 25.0 Å². The lowest BCUT2D eigenvalue weighted by Gasteiger charge is -2.34. The predicted molar refractivity (Wildman–Crippen MR) is 109 cm³/mol. The van der Waals surface area contributed by atoms with E-state index in [4.69, 9.17) is 4.52 Å². The normalized spacial score (nSPS) is 18.7. The summed E-state index contributed by atoms with van der Waals surface area (Å²) in [5.74, 6) is 2.17. The smallest absolute Gasteiger partial charge is 0.240 e. The molecule has 0 bridgehead atoms. The molecule has 29 heavy (non-hydrogen) atoms. The van der Waals surface area contributed by atoms with Gasteiger partial charge in [0.25, 0.3) is 0 Å². The maximum Gasteiger partial charge on any atom is 0.240 e. The summed E-state index contributed by atoms with van der Waals surface area (Å²) >= 11 is 0. The van der Waals surface area contributed by atoms with E-state index in [1.165, 1.54) is 19.3 Å². The molecule has 0 radical (unpaired) electrons. The first kappa shape index (κ1) is 19.8. The highest BCUT2D eigenvalue weighted by Gasteiger charge is 2.24. The van der Waals surface area contributed by atoms with Crippen LogP contribution in [0.1, 0.15) is 43.8 Å². The number of likely N-dealkylation sites (N-methyl/N-ethyl adjacent to an activating group) is 1. The summed E-state index contributed by atoms with van der Waals surface area (Å²) in [6.45, 7) is 4.29. The fraction of sp³-hybridized carbons (Fsp3) is 0.619. The van der Waals surface area contributed by atoms with Crippen molar-refractivity contribution in [1.82, 2.24) is 24.9 Å². The Balaban J connectivity index is 1.25. The number of amides is 1. The van der Waals surface area contributed by atoms with Crippen LogP contribution < -0.4 is 4.90 Å². The van der Waals surface area contributed by atoms with Crippen LogP contribution in [0.5, 0.6) is 0 Å². The van der Waals surface area contributed by atoms with Crippen molar-refractivity contribution >= 4 is 11.7 Å². The first-order chi connectivity index (χ1) is 14.2. The van der Waals surface area contributed by atoms with Crippen LogP contribution in [0, 0.1) is 0 Å². The van der Waals surface area contributed by atoms with Gasteiger partial charge in [-0.3, -0.25) is 9.69 Å². The summed E-state index contributed by atoms with van der Waals surface area (Å²) in [4.78, 5) is 27.9. The topological polar surface area (TPSA) is 78.6 Å². The van der Waals surface area contributed by atoms with Crippen molar-refractivity contribution in [3.63, 3.8) is 0 Å². The molecule has 0 spiro atoms. The van der Waals surface area contributed by atoms with E-state index in [1.54, 1.807) is 0 Å². The number of carbonyl (C=O) groups is 1. The maximum absolute atomic E-state index is 12.6. The zero-order chi connectivity index (χ0) is 20.1. The largest absolute Gasteiger partial charge is 0.354 e. The molecule has 8 nitrogen and oxygen atoms in total. The van der Waals surface area contributed by atoms with Gasteiger partial charge in [-0.15, -0.1) is 0 Å². The van der Waals surface area contributed by atoms with Crippen molar-refractivity contribution in [2.24, 2.45) is 0 Å². The van der Waals surface area contributed by atoms with Crippen LogP contribution in [-0.4, -0.2) is 70.1 Å². The van der Waals surface area contributed by atoms with E-state index in [9.17, 15) is 4.79 Å². The van der Waals surface area contributed by atoms with Gasteiger partial charge in [0.1, 0.15) is 5.82 Å². The Morgan fingerprint density at radius 2 is 1.97 bits per heavy atom. The first-order valence-corrected chi connectivity index (χ1v) is 10.6. The number of anilines is 1. The van der Waals surface area contributed by atoms with E-state index in [2.05, 4.69) is 24.9 Å². The number of aromatic nitrogens is 3. The molecule has 156 valence electrons. The summed E-state index contributed by atoms with van der Waals surface area (Å²) in [5.41, 5.74) is 0. The van der Waals surface area contributed by atoms with Crippen LogP contribution in [0.4, 0.5) is 5.82 Å². The number of hydrogen-bond donors (Lipinski definition) is 0. The summed E-state index contributed by atoms with van der Waals surface area (Å²) < 4.78 is 5.41. The first-order valence-electron chi connectivity index (χ1n) is 10.6. The molecule has 0 N–H and O–H groups in total. The molecule has 1 aliphatic carbocycles. The second-order valence-corrected chi connectivity index (χ2v) is 8.03. The Morgan fingerprint density at radius 3 is 2.69 bits per heavy atom. The Hall–Kier alpha value is -2.48. The Bertz CT molecular complexity index is 781. The van der Waals surface area contributed by atoms with Crippen molar-refractivity contribution in [2.45, 2.75) is 51.1 Å². The standard InChI is InChI=1S/C21H30N6O2/c1-25(17-7-3-2-4-8-17)21(28)15-18-23-20(29-24-18)16-26-11-13-27(14-12-26)19-9-5-6-10-22-19/h5-6,9-10,17H,2-4,7-8,11-16H2,1H3. The Kier molecular flexibility index (Phi) is 6.39. The lowest BCUT2D eigenvalue weighted by molar-refractivity contribution is -0.131. The second-order valence-electron chi connectivity index (χ2n) is 8.03. The predicted octanol–water partition coefficient (Wildman–Crippen LogP) is 2.12. The Labute approximate surface area is 171 Å². The van der Waals surface area contributed by atoms with Gasteiger partial charge in [0.2, 0.25) is 11.8 Å². The van der Waals surface area contributed by atoms with Crippen LogP contribution in [-0.2, 0) is 17.8 Å².